The summed E-state index contributed by atoms with van der Waals surface area (Å²) in [6.07, 6.45) is 3.92. The first-order valence-electron chi connectivity index (χ1n) is 11.8. The Balaban J connectivity index is 1.28. The first kappa shape index (κ1) is 25.3. The zero-order valence-corrected chi connectivity index (χ0v) is 21.2. The third-order valence-electron chi connectivity index (χ3n) is 5.80. The van der Waals surface area contributed by atoms with E-state index in [1.165, 1.54) is 4.90 Å². The largest absolute Gasteiger partial charge is 0.493 e. The molecule has 1 aliphatic rings. The highest BCUT2D eigenvalue weighted by molar-refractivity contribution is 7.99. The monoisotopic (exact) mass is 510 g/mol. The second kappa shape index (κ2) is 12.2. The first-order chi connectivity index (χ1) is 17.0. The third kappa shape index (κ3) is 7.10. The molecule has 184 valence electrons. The van der Waals surface area contributed by atoms with Gasteiger partial charge in [0.2, 0.25) is 10.0 Å². The van der Waals surface area contributed by atoms with Crippen LogP contribution in [0.25, 0.3) is 0 Å². The Morgan fingerprint density at radius 2 is 1.51 bits per heavy atom. The molecule has 1 fully saturated rings. The number of hydrogen-bond acceptors (Lipinski definition) is 5. The topological polar surface area (TPSA) is 75.7 Å². The van der Waals surface area contributed by atoms with E-state index in [9.17, 15) is 13.2 Å². The van der Waals surface area contributed by atoms with Crippen molar-refractivity contribution < 1.29 is 17.9 Å². The molecule has 3 aromatic carbocycles. The van der Waals surface area contributed by atoms with Gasteiger partial charge in [-0.1, -0.05) is 31.0 Å². The van der Waals surface area contributed by atoms with Gasteiger partial charge in [-0.3, -0.25) is 4.79 Å². The fourth-order valence-corrected chi connectivity index (χ4v) is 6.15. The molecule has 1 N–H and O–H groups in total. The number of thioether (sulfide) groups is 1. The van der Waals surface area contributed by atoms with E-state index in [0.29, 0.717) is 36.7 Å². The normalized spacial score (nSPS) is 14.7. The van der Waals surface area contributed by atoms with Crippen LogP contribution in [0, 0.1) is 0 Å². The Kier molecular flexibility index (Phi) is 8.84. The number of hydrogen-bond donors (Lipinski definition) is 1. The molecule has 6 nitrogen and oxygen atoms in total. The van der Waals surface area contributed by atoms with Crippen LogP contribution >= 0.6 is 11.8 Å². The number of anilines is 1. The van der Waals surface area contributed by atoms with Crippen LogP contribution in [0.3, 0.4) is 0 Å². The van der Waals surface area contributed by atoms with E-state index < -0.39 is 10.0 Å². The van der Waals surface area contributed by atoms with Gasteiger partial charge in [0.1, 0.15) is 5.75 Å². The summed E-state index contributed by atoms with van der Waals surface area (Å²) in [5.41, 5.74) is 1.04. The van der Waals surface area contributed by atoms with Gasteiger partial charge in [-0.15, -0.1) is 11.8 Å². The van der Waals surface area contributed by atoms with Crippen LogP contribution in [-0.4, -0.2) is 44.1 Å². The van der Waals surface area contributed by atoms with Gasteiger partial charge < -0.3 is 10.1 Å². The minimum atomic E-state index is -3.51. The average molecular weight is 511 g/mol. The van der Waals surface area contributed by atoms with Crippen LogP contribution in [0.4, 0.5) is 5.69 Å². The summed E-state index contributed by atoms with van der Waals surface area (Å²) in [7, 11) is -3.51. The Hall–Kier alpha value is -2.81. The number of ether oxygens (including phenoxy) is 1. The Bertz CT molecular complexity index is 1190. The molecule has 0 spiro atoms. The second-order valence-electron chi connectivity index (χ2n) is 8.33. The minimum Gasteiger partial charge on any atom is -0.493 e. The van der Waals surface area contributed by atoms with Gasteiger partial charge in [-0.2, -0.15) is 4.31 Å². The summed E-state index contributed by atoms with van der Waals surface area (Å²) in [6.45, 7) is 1.69. The molecule has 0 bridgehead atoms. The van der Waals surface area contributed by atoms with E-state index in [2.05, 4.69) is 17.4 Å². The molecule has 0 unspecified atom stereocenters. The van der Waals surface area contributed by atoms with Crippen molar-refractivity contribution in [1.29, 1.82) is 0 Å². The standard InChI is InChI=1S/C27H30N2O4S2/c30-27(22-10-14-24(15-11-22)33-20-21-34-25-8-4-3-5-9-25)28-23-12-16-26(17-13-23)35(31,32)29-18-6-1-2-7-19-29/h3-5,8-17H,1-2,6-7,18-21H2,(H,28,30). The summed E-state index contributed by atoms with van der Waals surface area (Å²) < 4.78 is 33.2. The van der Waals surface area contributed by atoms with Crippen molar-refractivity contribution in [3.63, 3.8) is 0 Å². The molecule has 0 saturated carbocycles. The number of sulfonamides is 1. The van der Waals surface area contributed by atoms with Crippen LogP contribution in [0.15, 0.2) is 88.7 Å². The van der Waals surface area contributed by atoms with Crippen molar-refractivity contribution >= 4 is 33.4 Å². The molecule has 3 aromatic rings. The van der Waals surface area contributed by atoms with Gasteiger partial charge in [-0.05, 0) is 73.5 Å². The molecule has 1 heterocycles. The van der Waals surface area contributed by atoms with Crippen molar-refractivity contribution in [2.75, 3.05) is 30.8 Å². The van der Waals surface area contributed by atoms with E-state index in [1.54, 1.807) is 64.6 Å². The highest BCUT2D eigenvalue weighted by Crippen LogP contribution is 2.23. The first-order valence-corrected chi connectivity index (χ1v) is 14.3. The molecular formula is C27H30N2O4S2. The zero-order valence-electron chi connectivity index (χ0n) is 19.6. The summed E-state index contributed by atoms with van der Waals surface area (Å²) in [6, 6.07) is 23.5. The van der Waals surface area contributed by atoms with E-state index in [0.717, 1.165) is 31.4 Å². The maximum absolute atomic E-state index is 12.9. The molecule has 0 atom stereocenters. The van der Waals surface area contributed by atoms with Crippen LogP contribution < -0.4 is 10.1 Å². The van der Waals surface area contributed by atoms with Crippen molar-refractivity contribution in [3.05, 3.63) is 84.4 Å². The van der Waals surface area contributed by atoms with Gasteiger partial charge in [0.15, 0.2) is 0 Å². The van der Waals surface area contributed by atoms with E-state index >= 15 is 0 Å². The molecule has 0 radical (unpaired) electrons. The molecule has 0 aromatic heterocycles. The van der Waals surface area contributed by atoms with Gasteiger partial charge in [0, 0.05) is 35.0 Å². The van der Waals surface area contributed by atoms with Crippen molar-refractivity contribution in [3.8, 4) is 5.75 Å². The van der Waals surface area contributed by atoms with Crippen LogP contribution in [-0.2, 0) is 10.0 Å². The second-order valence-corrected chi connectivity index (χ2v) is 11.4. The minimum absolute atomic E-state index is 0.254. The van der Waals surface area contributed by atoms with Crippen LogP contribution in [0.2, 0.25) is 0 Å². The quantitative estimate of drug-likeness (QED) is 0.296. The smallest absolute Gasteiger partial charge is 0.255 e. The lowest BCUT2D eigenvalue weighted by atomic mass is 10.2. The lowest BCUT2D eigenvalue weighted by molar-refractivity contribution is 0.102. The fourth-order valence-electron chi connectivity index (χ4n) is 3.88. The molecule has 8 heteroatoms. The lowest BCUT2D eigenvalue weighted by Gasteiger charge is -2.20. The number of rotatable bonds is 9. The number of benzene rings is 3. The molecular weight excluding hydrogens is 480 g/mol. The van der Waals surface area contributed by atoms with Gasteiger partial charge >= 0.3 is 0 Å². The highest BCUT2D eigenvalue weighted by Gasteiger charge is 2.25. The predicted molar refractivity (Wildman–Crippen MR) is 141 cm³/mol. The summed E-state index contributed by atoms with van der Waals surface area (Å²) in [5.74, 6) is 1.27. The molecule has 0 aliphatic carbocycles. The summed E-state index contributed by atoms with van der Waals surface area (Å²) >= 11 is 1.73. The number of carbonyl (C=O) groups is 1. The van der Waals surface area contributed by atoms with Crippen molar-refractivity contribution in [2.24, 2.45) is 0 Å². The van der Waals surface area contributed by atoms with Gasteiger partial charge in [0.05, 0.1) is 11.5 Å². The Morgan fingerprint density at radius 1 is 0.857 bits per heavy atom. The lowest BCUT2D eigenvalue weighted by Crippen LogP contribution is -2.31. The molecule has 1 amide bonds. The van der Waals surface area contributed by atoms with Crippen LogP contribution in [0.5, 0.6) is 5.75 Å². The molecule has 35 heavy (non-hydrogen) atoms. The maximum Gasteiger partial charge on any atom is 0.255 e. The fraction of sp³-hybridized carbons (Fsp3) is 0.296. The summed E-state index contributed by atoms with van der Waals surface area (Å²) in [5, 5.41) is 2.82. The van der Waals surface area contributed by atoms with E-state index in [4.69, 9.17) is 4.74 Å². The Morgan fingerprint density at radius 3 is 2.17 bits per heavy atom. The Labute approximate surface area is 211 Å². The number of nitrogens with one attached hydrogen (secondary N) is 1. The SMILES string of the molecule is O=C(Nc1ccc(S(=O)(=O)N2CCCCCC2)cc1)c1ccc(OCCSc2ccccc2)cc1. The molecule has 1 saturated heterocycles. The highest BCUT2D eigenvalue weighted by atomic mass is 32.2. The molecule has 1 aliphatic heterocycles. The van der Waals surface area contributed by atoms with Gasteiger partial charge in [0.25, 0.3) is 5.91 Å². The van der Waals surface area contributed by atoms with Crippen molar-refractivity contribution in [2.45, 2.75) is 35.5 Å². The summed E-state index contributed by atoms with van der Waals surface area (Å²) in [4.78, 5) is 14.1. The number of carbonyl (C=O) groups excluding carboxylic acids is 1. The van der Waals surface area contributed by atoms with Crippen LogP contribution in [0.1, 0.15) is 36.0 Å². The molecule has 4 rings (SSSR count). The van der Waals surface area contributed by atoms with Gasteiger partial charge in [-0.25, -0.2) is 8.42 Å². The predicted octanol–water partition coefficient (Wildman–Crippen LogP) is 5.67. The maximum atomic E-state index is 12.9. The third-order valence-corrected chi connectivity index (χ3v) is 8.68. The van der Waals surface area contributed by atoms with E-state index in [-0.39, 0.29) is 10.8 Å². The number of nitrogens with zero attached hydrogens (tertiary/aromatic N) is 1. The van der Waals surface area contributed by atoms with E-state index in [1.807, 2.05) is 18.2 Å². The average Bonchev–Trinajstić information content (AvgIpc) is 3.18. The zero-order chi connectivity index (χ0) is 24.5. The van der Waals surface area contributed by atoms with Crippen molar-refractivity contribution in [1.82, 2.24) is 4.31 Å². The number of amides is 1.